The first-order valence-corrected chi connectivity index (χ1v) is 6.68. The standard InChI is InChI=1S/C13H24N2O3/c1-8(2)11(14)7-12(16)15-10-5-3-9(4-6-10)13(17)18/h8-11H,3-7,14H2,1-2H3,(H,15,16)(H,17,18). The summed E-state index contributed by atoms with van der Waals surface area (Å²) >= 11 is 0. The van der Waals surface area contributed by atoms with Gasteiger partial charge in [0.05, 0.1) is 5.92 Å². The van der Waals surface area contributed by atoms with Crippen molar-refractivity contribution in [3.8, 4) is 0 Å². The van der Waals surface area contributed by atoms with Crippen molar-refractivity contribution in [2.24, 2.45) is 17.6 Å². The highest BCUT2D eigenvalue weighted by atomic mass is 16.4. The van der Waals surface area contributed by atoms with Crippen LogP contribution in [0.1, 0.15) is 46.0 Å². The Hall–Kier alpha value is -1.10. The van der Waals surface area contributed by atoms with Crippen LogP contribution in [0.4, 0.5) is 0 Å². The van der Waals surface area contributed by atoms with E-state index in [2.05, 4.69) is 5.32 Å². The zero-order valence-corrected chi connectivity index (χ0v) is 11.2. The Balaban J connectivity index is 2.28. The van der Waals surface area contributed by atoms with Crippen molar-refractivity contribution < 1.29 is 14.7 Å². The van der Waals surface area contributed by atoms with Crippen molar-refractivity contribution in [3.63, 3.8) is 0 Å². The quantitative estimate of drug-likeness (QED) is 0.687. The first-order chi connectivity index (χ1) is 8.40. The third kappa shape index (κ3) is 4.64. The van der Waals surface area contributed by atoms with Crippen LogP contribution >= 0.6 is 0 Å². The second-order valence-electron chi connectivity index (χ2n) is 5.57. The van der Waals surface area contributed by atoms with Gasteiger partial charge in [-0.25, -0.2) is 0 Å². The second-order valence-corrected chi connectivity index (χ2v) is 5.57. The Morgan fingerprint density at radius 2 is 1.83 bits per heavy atom. The minimum atomic E-state index is -0.721. The van der Waals surface area contributed by atoms with Gasteiger partial charge in [0.2, 0.25) is 5.91 Å². The number of amides is 1. The molecule has 1 atom stereocenters. The molecule has 4 N–H and O–H groups in total. The van der Waals surface area contributed by atoms with Gasteiger partial charge < -0.3 is 16.2 Å². The van der Waals surface area contributed by atoms with Gasteiger partial charge in [0, 0.05) is 18.5 Å². The highest BCUT2D eigenvalue weighted by Crippen LogP contribution is 2.24. The minimum absolute atomic E-state index is 0.0185. The summed E-state index contributed by atoms with van der Waals surface area (Å²) in [5.41, 5.74) is 5.85. The Morgan fingerprint density at radius 3 is 2.28 bits per heavy atom. The second kappa shape index (κ2) is 6.73. The maximum atomic E-state index is 11.7. The van der Waals surface area contributed by atoms with Gasteiger partial charge in [0.25, 0.3) is 0 Å². The fourth-order valence-electron chi connectivity index (χ4n) is 2.22. The zero-order valence-electron chi connectivity index (χ0n) is 11.2. The predicted octanol–water partition coefficient (Wildman–Crippen LogP) is 1.12. The number of carboxylic acid groups (broad SMARTS) is 1. The topological polar surface area (TPSA) is 92.4 Å². The van der Waals surface area contributed by atoms with Crippen LogP contribution in [-0.4, -0.2) is 29.1 Å². The third-order valence-electron chi connectivity index (χ3n) is 3.72. The molecule has 0 spiro atoms. The van der Waals surface area contributed by atoms with Crippen LogP contribution in [0, 0.1) is 11.8 Å². The van der Waals surface area contributed by atoms with E-state index in [9.17, 15) is 9.59 Å². The fourth-order valence-corrected chi connectivity index (χ4v) is 2.22. The average molecular weight is 256 g/mol. The third-order valence-corrected chi connectivity index (χ3v) is 3.72. The molecule has 1 aliphatic rings. The molecule has 0 aliphatic heterocycles. The highest BCUT2D eigenvalue weighted by Gasteiger charge is 2.27. The molecule has 0 aromatic rings. The van der Waals surface area contributed by atoms with E-state index in [1.807, 2.05) is 13.8 Å². The van der Waals surface area contributed by atoms with Crippen LogP contribution in [-0.2, 0) is 9.59 Å². The van der Waals surface area contributed by atoms with Crippen molar-refractivity contribution in [3.05, 3.63) is 0 Å². The maximum absolute atomic E-state index is 11.7. The number of hydrogen-bond acceptors (Lipinski definition) is 3. The number of carbonyl (C=O) groups is 2. The molecule has 18 heavy (non-hydrogen) atoms. The number of aliphatic carboxylic acids is 1. The van der Waals surface area contributed by atoms with Gasteiger partial charge in [-0.2, -0.15) is 0 Å². The van der Waals surface area contributed by atoms with Crippen LogP contribution in [0.15, 0.2) is 0 Å². The van der Waals surface area contributed by atoms with E-state index in [1.54, 1.807) is 0 Å². The Labute approximate surface area is 108 Å². The summed E-state index contributed by atoms with van der Waals surface area (Å²) < 4.78 is 0. The fraction of sp³-hybridized carbons (Fsp3) is 0.846. The van der Waals surface area contributed by atoms with Gasteiger partial charge in [-0.1, -0.05) is 13.8 Å². The monoisotopic (exact) mass is 256 g/mol. The summed E-state index contributed by atoms with van der Waals surface area (Å²) in [6.45, 7) is 3.99. The lowest BCUT2D eigenvalue weighted by Crippen LogP contribution is -2.42. The molecule has 0 radical (unpaired) electrons. The first-order valence-electron chi connectivity index (χ1n) is 6.68. The molecule has 1 amide bonds. The molecule has 0 aromatic heterocycles. The van der Waals surface area contributed by atoms with Crippen molar-refractivity contribution in [2.45, 2.75) is 58.0 Å². The largest absolute Gasteiger partial charge is 0.481 e. The molecular formula is C13H24N2O3. The average Bonchev–Trinajstić information content (AvgIpc) is 2.29. The lowest BCUT2D eigenvalue weighted by Gasteiger charge is -2.27. The number of nitrogens with one attached hydrogen (secondary N) is 1. The number of hydrogen-bond donors (Lipinski definition) is 3. The molecule has 104 valence electrons. The highest BCUT2D eigenvalue weighted by molar-refractivity contribution is 5.77. The molecule has 5 heteroatoms. The molecule has 0 aromatic carbocycles. The summed E-state index contributed by atoms with van der Waals surface area (Å²) in [4.78, 5) is 22.5. The Bertz CT molecular complexity index is 297. The molecule has 1 unspecified atom stereocenters. The predicted molar refractivity (Wildman–Crippen MR) is 69.0 cm³/mol. The van der Waals surface area contributed by atoms with E-state index in [0.29, 0.717) is 25.2 Å². The van der Waals surface area contributed by atoms with Gasteiger partial charge >= 0.3 is 5.97 Å². The smallest absolute Gasteiger partial charge is 0.306 e. The van der Waals surface area contributed by atoms with Gasteiger partial charge in [-0.3, -0.25) is 9.59 Å². The van der Waals surface area contributed by atoms with E-state index in [1.165, 1.54) is 0 Å². The van der Waals surface area contributed by atoms with E-state index < -0.39 is 5.97 Å². The normalized spacial score (nSPS) is 25.8. The maximum Gasteiger partial charge on any atom is 0.306 e. The lowest BCUT2D eigenvalue weighted by atomic mass is 9.86. The molecule has 5 nitrogen and oxygen atoms in total. The Kier molecular flexibility index (Phi) is 5.59. The summed E-state index contributed by atoms with van der Waals surface area (Å²) in [5, 5.41) is 11.8. The van der Waals surface area contributed by atoms with Crippen LogP contribution in [0.5, 0.6) is 0 Å². The number of rotatable bonds is 5. The minimum Gasteiger partial charge on any atom is -0.481 e. The van der Waals surface area contributed by atoms with Gasteiger partial charge in [-0.05, 0) is 31.6 Å². The van der Waals surface area contributed by atoms with Crippen molar-refractivity contribution in [1.29, 1.82) is 0 Å². The van der Waals surface area contributed by atoms with Crippen molar-refractivity contribution in [2.75, 3.05) is 0 Å². The van der Waals surface area contributed by atoms with Gasteiger partial charge in [0.1, 0.15) is 0 Å². The number of carbonyl (C=O) groups excluding carboxylic acids is 1. The van der Waals surface area contributed by atoms with E-state index in [4.69, 9.17) is 10.8 Å². The van der Waals surface area contributed by atoms with E-state index in [-0.39, 0.29) is 23.9 Å². The Morgan fingerprint density at radius 1 is 1.28 bits per heavy atom. The van der Waals surface area contributed by atoms with E-state index in [0.717, 1.165) is 12.8 Å². The zero-order chi connectivity index (χ0) is 13.7. The molecule has 0 saturated heterocycles. The molecule has 1 saturated carbocycles. The van der Waals surface area contributed by atoms with Gasteiger partial charge in [0.15, 0.2) is 0 Å². The van der Waals surface area contributed by atoms with E-state index >= 15 is 0 Å². The molecule has 1 aliphatic carbocycles. The van der Waals surface area contributed by atoms with Crippen LogP contribution in [0.2, 0.25) is 0 Å². The summed E-state index contributed by atoms with van der Waals surface area (Å²) in [6, 6.07) is 0.00724. The molecular weight excluding hydrogens is 232 g/mol. The van der Waals surface area contributed by atoms with Crippen LogP contribution < -0.4 is 11.1 Å². The summed E-state index contributed by atoms with van der Waals surface area (Å²) in [5.74, 6) is -0.689. The molecule has 0 heterocycles. The van der Waals surface area contributed by atoms with Crippen LogP contribution in [0.25, 0.3) is 0 Å². The molecule has 0 bridgehead atoms. The number of carboxylic acids is 1. The van der Waals surface area contributed by atoms with Crippen molar-refractivity contribution >= 4 is 11.9 Å². The van der Waals surface area contributed by atoms with Gasteiger partial charge in [-0.15, -0.1) is 0 Å². The lowest BCUT2D eigenvalue weighted by molar-refractivity contribution is -0.142. The SMILES string of the molecule is CC(C)C(N)CC(=O)NC1CCC(C(=O)O)CC1. The first kappa shape index (κ1) is 15.0. The van der Waals surface area contributed by atoms with Crippen LogP contribution in [0.3, 0.4) is 0 Å². The summed E-state index contributed by atoms with van der Waals surface area (Å²) in [7, 11) is 0. The van der Waals surface area contributed by atoms with Crippen molar-refractivity contribution in [1.82, 2.24) is 5.32 Å². The molecule has 1 fully saturated rings. The molecule has 1 rings (SSSR count). The number of nitrogens with two attached hydrogens (primary N) is 1. The summed E-state index contributed by atoms with van der Waals surface area (Å²) in [6.07, 6.45) is 3.14.